The van der Waals surface area contributed by atoms with Gasteiger partial charge < -0.3 is 9.57 Å². The number of aromatic amines is 1. The summed E-state index contributed by atoms with van der Waals surface area (Å²) in [5.74, 6) is -0.854. The van der Waals surface area contributed by atoms with E-state index in [1.54, 1.807) is 18.9 Å². The van der Waals surface area contributed by atoms with Gasteiger partial charge in [-0.2, -0.15) is 13.2 Å². The summed E-state index contributed by atoms with van der Waals surface area (Å²) in [7, 11) is -4.38. The zero-order valence-corrected chi connectivity index (χ0v) is 14.7. The largest absolute Gasteiger partial charge is 0.470 e. The lowest BCUT2D eigenvalue weighted by atomic mass is 10.1. The number of sulfone groups is 1. The number of alkyl halides is 5. The Bertz CT molecular complexity index is 801. The van der Waals surface area contributed by atoms with Crippen molar-refractivity contribution in [2.45, 2.75) is 50.6 Å². The Balaban J connectivity index is 2.46. The molecule has 0 saturated heterocycles. The number of H-pyrrole nitrogens is 1. The van der Waals surface area contributed by atoms with Gasteiger partial charge in [-0.3, -0.25) is 5.10 Å². The fourth-order valence-corrected chi connectivity index (χ4v) is 3.92. The molecule has 2 rings (SSSR count). The average molecular weight is 405 g/mol. The summed E-state index contributed by atoms with van der Waals surface area (Å²) in [6.45, 7) is 2.84. The number of nitrogens with one attached hydrogen (secondary N) is 1. The van der Waals surface area contributed by atoms with Crippen LogP contribution in [-0.4, -0.2) is 42.3 Å². The molecule has 0 amide bonds. The van der Waals surface area contributed by atoms with Crippen molar-refractivity contribution >= 4 is 14.9 Å². The van der Waals surface area contributed by atoms with E-state index in [2.05, 4.69) is 15.0 Å². The minimum atomic E-state index is -4.99. The SMILES string of the molecule is CC(c1c(OCC(F)F)n[nH]c1C(F)(F)F)S(=O)(=O)C1=NOC(C)(C)C1. The van der Waals surface area contributed by atoms with Crippen LogP contribution >= 0.6 is 0 Å². The number of ether oxygens (including phenoxy) is 1. The third kappa shape index (κ3) is 4.07. The summed E-state index contributed by atoms with van der Waals surface area (Å²) < 4.78 is 94.1. The second-order valence-corrected chi connectivity index (χ2v) is 8.49. The van der Waals surface area contributed by atoms with Crippen LogP contribution in [0.3, 0.4) is 0 Å². The van der Waals surface area contributed by atoms with Crippen LogP contribution in [0.2, 0.25) is 0 Å². The maximum atomic E-state index is 13.2. The molecule has 1 aromatic rings. The topological polar surface area (TPSA) is 93.6 Å². The van der Waals surface area contributed by atoms with Crippen LogP contribution < -0.4 is 4.74 Å². The summed E-state index contributed by atoms with van der Waals surface area (Å²) in [5, 5.41) is 6.02. The number of halogens is 5. The Morgan fingerprint density at radius 2 is 1.96 bits per heavy atom. The highest BCUT2D eigenvalue weighted by Crippen LogP contribution is 2.42. The van der Waals surface area contributed by atoms with Crippen LogP contribution in [0, 0.1) is 0 Å². The van der Waals surface area contributed by atoms with E-state index < -0.39 is 62.1 Å². The molecule has 1 atom stereocenters. The first-order chi connectivity index (χ1) is 11.8. The molecule has 148 valence electrons. The van der Waals surface area contributed by atoms with E-state index in [-0.39, 0.29) is 6.42 Å². The molecule has 0 aliphatic carbocycles. The van der Waals surface area contributed by atoms with Gasteiger partial charge in [0.2, 0.25) is 15.7 Å². The molecule has 1 aromatic heterocycles. The van der Waals surface area contributed by atoms with Crippen LogP contribution in [0.5, 0.6) is 5.88 Å². The fraction of sp³-hybridized carbons (Fsp3) is 0.692. The minimum Gasteiger partial charge on any atom is -0.470 e. The fourth-order valence-electron chi connectivity index (χ4n) is 2.29. The predicted molar refractivity (Wildman–Crippen MR) is 79.6 cm³/mol. The quantitative estimate of drug-likeness (QED) is 0.760. The van der Waals surface area contributed by atoms with Crippen LogP contribution in [-0.2, 0) is 20.9 Å². The van der Waals surface area contributed by atoms with Gasteiger partial charge in [-0.15, -0.1) is 5.10 Å². The van der Waals surface area contributed by atoms with Gasteiger partial charge in [-0.25, -0.2) is 17.2 Å². The van der Waals surface area contributed by atoms with Gasteiger partial charge in [0.25, 0.3) is 6.43 Å². The zero-order valence-electron chi connectivity index (χ0n) is 13.9. The summed E-state index contributed by atoms with van der Waals surface area (Å²) >= 11 is 0. The molecule has 0 bridgehead atoms. The highest BCUT2D eigenvalue weighted by atomic mass is 32.2. The molecule has 1 aliphatic rings. The summed E-state index contributed by atoms with van der Waals surface area (Å²) in [4.78, 5) is 4.95. The van der Waals surface area contributed by atoms with Crippen molar-refractivity contribution in [2.75, 3.05) is 6.61 Å². The van der Waals surface area contributed by atoms with Gasteiger partial charge in [0.1, 0.15) is 11.3 Å². The second-order valence-electron chi connectivity index (χ2n) is 6.22. The van der Waals surface area contributed by atoms with Crippen LogP contribution in [0.25, 0.3) is 0 Å². The molecule has 0 fully saturated rings. The van der Waals surface area contributed by atoms with Crippen molar-refractivity contribution in [3.8, 4) is 5.88 Å². The Kier molecular flexibility index (Phi) is 5.23. The Labute approximate surface area is 145 Å². The van der Waals surface area contributed by atoms with Crippen molar-refractivity contribution < 1.29 is 39.9 Å². The summed E-state index contributed by atoms with van der Waals surface area (Å²) in [5.41, 5.74) is -3.30. The van der Waals surface area contributed by atoms with Crippen molar-refractivity contribution in [1.82, 2.24) is 10.2 Å². The van der Waals surface area contributed by atoms with Crippen LogP contribution in [0.15, 0.2) is 5.16 Å². The van der Waals surface area contributed by atoms with E-state index in [0.717, 1.165) is 6.92 Å². The van der Waals surface area contributed by atoms with Gasteiger partial charge in [-0.05, 0) is 20.8 Å². The highest BCUT2D eigenvalue weighted by molar-refractivity contribution is 8.06. The van der Waals surface area contributed by atoms with Crippen molar-refractivity contribution in [3.63, 3.8) is 0 Å². The van der Waals surface area contributed by atoms with Gasteiger partial charge in [0.05, 0.1) is 10.8 Å². The predicted octanol–water partition coefficient (Wildman–Crippen LogP) is 3.06. The number of nitrogens with zero attached hydrogens (tertiary/aromatic N) is 2. The van der Waals surface area contributed by atoms with E-state index in [9.17, 15) is 30.4 Å². The molecular formula is C13H16F5N3O4S. The van der Waals surface area contributed by atoms with Crippen LogP contribution in [0.1, 0.15) is 43.7 Å². The number of rotatable bonds is 5. The third-order valence-electron chi connectivity index (χ3n) is 3.57. The first-order valence-corrected chi connectivity index (χ1v) is 8.85. The van der Waals surface area contributed by atoms with E-state index >= 15 is 0 Å². The Morgan fingerprint density at radius 3 is 2.42 bits per heavy atom. The first-order valence-electron chi connectivity index (χ1n) is 7.31. The molecule has 0 radical (unpaired) electrons. The second kappa shape index (κ2) is 6.67. The summed E-state index contributed by atoms with van der Waals surface area (Å²) in [6, 6.07) is 0. The lowest BCUT2D eigenvalue weighted by Gasteiger charge is -2.17. The smallest absolute Gasteiger partial charge is 0.433 e. The molecule has 0 aromatic carbocycles. The molecule has 2 heterocycles. The molecule has 0 saturated carbocycles. The molecule has 7 nitrogen and oxygen atoms in total. The standard InChI is InChI=1S/C13H16F5N3O4S/c1-6(26(22,23)8-4-12(2,3)25-21-8)9-10(13(16,17)18)19-20-11(9)24-5-7(14)15/h6-7H,4-5H2,1-3H3,(H,19,20). The molecule has 13 heteroatoms. The molecule has 26 heavy (non-hydrogen) atoms. The average Bonchev–Trinajstić information content (AvgIpc) is 3.07. The van der Waals surface area contributed by atoms with Crippen LogP contribution in [0.4, 0.5) is 22.0 Å². The molecule has 1 aliphatic heterocycles. The lowest BCUT2D eigenvalue weighted by molar-refractivity contribution is -0.141. The number of hydrogen-bond donors (Lipinski definition) is 1. The number of aromatic nitrogens is 2. The lowest BCUT2D eigenvalue weighted by Crippen LogP contribution is -2.26. The van der Waals surface area contributed by atoms with E-state index in [0.29, 0.717) is 0 Å². The maximum absolute atomic E-state index is 13.2. The van der Waals surface area contributed by atoms with Gasteiger partial charge in [-0.1, -0.05) is 5.16 Å². The normalized spacial score (nSPS) is 18.6. The summed E-state index contributed by atoms with van der Waals surface area (Å²) in [6.07, 6.45) is -8.12. The molecule has 1 N–H and O–H groups in total. The van der Waals surface area contributed by atoms with Gasteiger partial charge in [0, 0.05) is 6.42 Å². The number of oxime groups is 1. The molecular weight excluding hydrogens is 389 g/mol. The zero-order chi connectivity index (χ0) is 19.9. The third-order valence-corrected chi connectivity index (χ3v) is 5.61. The minimum absolute atomic E-state index is 0.147. The van der Waals surface area contributed by atoms with Crippen molar-refractivity contribution in [3.05, 3.63) is 11.3 Å². The van der Waals surface area contributed by atoms with E-state index in [1.807, 2.05) is 0 Å². The van der Waals surface area contributed by atoms with Crippen molar-refractivity contribution in [2.24, 2.45) is 5.16 Å². The van der Waals surface area contributed by atoms with Gasteiger partial charge in [0.15, 0.2) is 11.7 Å². The first kappa shape index (κ1) is 20.4. The van der Waals surface area contributed by atoms with Crippen molar-refractivity contribution in [1.29, 1.82) is 0 Å². The van der Waals surface area contributed by atoms with E-state index in [4.69, 9.17) is 4.84 Å². The maximum Gasteiger partial charge on any atom is 0.433 e. The van der Waals surface area contributed by atoms with E-state index in [1.165, 1.54) is 0 Å². The molecule has 0 spiro atoms. The highest BCUT2D eigenvalue weighted by Gasteiger charge is 2.46. The number of hydrogen-bond acceptors (Lipinski definition) is 6. The Morgan fingerprint density at radius 1 is 1.35 bits per heavy atom. The monoisotopic (exact) mass is 405 g/mol. The van der Waals surface area contributed by atoms with Gasteiger partial charge >= 0.3 is 6.18 Å². The Hall–Kier alpha value is -1.92. The molecule has 1 unspecified atom stereocenters.